The zero-order valence-corrected chi connectivity index (χ0v) is 12.1. The summed E-state index contributed by atoms with van der Waals surface area (Å²) >= 11 is 1.37. The van der Waals surface area contributed by atoms with Crippen molar-refractivity contribution in [2.24, 2.45) is 0 Å². The van der Waals surface area contributed by atoms with Crippen molar-refractivity contribution < 1.29 is 9.53 Å². The summed E-state index contributed by atoms with van der Waals surface area (Å²) in [5.74, 6) is 0.600. The minimum Gasteiger partial charge on any atom is -0.462 e. The number of benzene rings is 1. The number of carbonyl (C=O) groups is 1. The van der Waals surface area contributed by atoms with Gasteiger partial charge in [0, 0.05) is 18.9 Å². The predicted molar refractivity (Wildman–Crippen MR) is 78.9 cm³/mol. The van der Waals surface area contributed by atoms with E-state index in [1.54, 1.807) is 0 Å². The zero-order valence-electron chi connectivity index (χ0n) is 11.3. The van der Waals surface area contributed by atoms with E-state index in [0.717, 1.165) is 16.7 Å². The summed E-state index contributed by atoms with van der Waals surface area (Å²) in [5.41, 5.74) is 0.869. The van der Waals surface area contributed by atoms with E-state index < -0.39 is 0 Å². The van der Waals surface area contributed by atoms with E-state index in [0.29, 0.717) is 11.6 Å². The molecule has 0 radical (unpaired) electrons. The SMILES string of the molecule is CNc1nc(S[C@@H]2C[C@@H](C)OC2=O)nc2ccccc12. The number of nitrogens with one attached hydrogen (secondary N) is 1. The normalized spacial score (nSPS) is 22.0. The quantitative estimate of drug-likeness (QED) is 0.692. The summed E-state index contributed by atoms with van der Waals surface area (Å²) in [7, 11) is 1.83. The van der Waals surface area contributed by atoms with Crippen LogP contribution in [-0.4, -0.2) is 34.3 Å². The Morgan fingerprint density at radius 1 is 1.35 bits per heavy atom. The second-order valence-corrected chi connectivity index (χ2v) is 5.88. The fourth-order valence-corrected chi connectivity index (χ4v) is 3.31. The molecule has 6 heteroatoms. The summed E-state index contributed by atoms with van der Waals surface area (Å²) in [6.45, 7) is 1.90. The van der Waals surface area contributed by atoms with Crippen LogP contribution in [0.5, 0.6) is 0 Å². The molecule has 104 valence electrons. The molecule has 1 fully saturated rings. The summed E-state index contributed by atoms with van der Waals surface area (Å²) < 4.78 is 5.16. The summed E-state index contributed by atoms with van der Waals surface area (Å²) in [5, 5.41) is 4.44. The van der Waals surface area contributed by atoms with Gasteiger partial charge in [-0.3, -0.25) is 4.79 Å². The molecule has 0 aliphatic carbocycles. The number of anilines is 1. The number of ether oxygens (including phenoxy) is 1. The topological polar surface area (TPSA) is 64.1 Å². The zero-order chi connectivity index (χ0) is 14.1. The molecule has 1 aliphatic heterocycles. The van der Waals surface area contributed by atoms with Crippen LogP contribution in [0.3, 0.4) is 0 Å². The molecule has 2 heterocycles. The first-order valence-electron chi connectivity index (χ1n) is 6.49. The molecular weight excluding hydrogens is 274 g/mol. The van der Waals surface area contributed by atoms with E-state index in [-0.39, 0.29) is 17.3 Å². The fraction of sp³-hybridized carbons (Fsp3) is 0.357. The third kappa shape index (κ3) is 2.43. The third-order valence-corrected chi connectivity index (χ3v) is 4.26. The minimum atomic E-state index is -0.212. The Labute approximate surface area is 121 Å². The molecule has 0 unspecified atom stereocenters. The van der Waals surface area contributed by atoms with Crippen LogP contribution in [0.15, 0.2) is 29.4 Å². The number of rotatable bonds is 3. The Morgan fingerprint density at radius 2 is 2.15 bits per heavy atom. The Bertz CT molecular complexity index is 662. The van der Waals surface area contributed by atoms with Gasteiger partial charge in [-0.15, -0.1) is 0 Å². The maximum atomic E-state index is 11.7. The molecule has 1 saturated heterocycles. The predicted octanol–water partition coefficient (Wildman–Crippen LogP) is 2.47. The van der Waals surface area contributed by atoms with Gasteiger partial charge in [-0.2, -0.15) is 0 Å². The van der Waals surface area contributed by atoms with Gasteiger partial charge in [-0.05, 0) is 19.1 Å². The van der Waals surface area contributed by atoms with Gasteiger partial charge in [0.2, 0.25) is 0 Å². The van der Waals surface area contributed by atoms with Crippen molar-refractivity contribution in [1.82, 2.24) is 9.97 Å². The number of cyclic esters (lactones) is 1. The lowest BCUT2D eigenvalue weighted by Gasteiger charge is -2.09. The van der Waals surface area contributed by atoms with E-state index in [2.05, 4.69) is 15.3 Å². The summed E-state index contributed by atoms with van der Waals surface area (Å²) in [6.07, 6.45) is 0.679. The molecule has 1 aromatic carbocycles. The Balaban J connectivity index is 1.94. The smallest absolute Gasteiger partial charge is 0.319 e. The highest BCUT2D eigenvalue weighted by Crippen LogP contribution is 2.32. The number of hydrogen-bond acceptors (Lipinski definition) is 6. The Hall–Kier alpha value is -1.82. The van der Waals surface area contributed by atoms with Gasteiger partial charge in [-0.25, -0.2) is 9.97 Å². The maximum absolute atomic E-state index is 11.7. The van der Waals surface area contributed by atoms with Crippen LogP contribution in [0.4, 0.5) is 5.82 Å². The molecule has 5 nitrogen and oxygen atoms in total. The second-order valence-electron chi connectivity index (χ2n) is 4.71. The number of thioether (sulfide) groups is 1. The van der Waals surface area contributed by atoms with Crippen molar-refractivity contribution in [1.29, 1.82) is 0 Å². The number of carbonyl (C=O) groups excluding carboxylic acids is 1. The van der Waals surface area contributed by atoms with E-state index in [1.165, 1.54) is 11.8 Å². The van der Waals surface area contributed by atoms with Gasteiger partial charge in [-0.1, -0.05) is 23.9 Å². The molecule has 0 saturated carbocycles. The number of nitrogens with zero attached hydrogens (tertiary/aromatic N) is 2. The molecule has 0 amide bonds. The molecule has 0 spiro atoms. The first kappa shape index (κ1) is 13.2. The second kappa shape index (κ2) is 5.28. The molecule has 2 aromatic rings. The highest BCUT2D eigenvalue weighted by molar-refractivity contribution is 8.00. The lowest BCUT2D eigenvalue weighted by molar-refractivity contribution is -0.140. The van der Waals surface area contributed by atoms with Crippen LogP contribution < -0.4 is 5.32 Å². The Morgan fingerprint density at radius 3 is 2.85 bits per heavy atom. The first-order chi connectivity index (χ1) is 9.67. The van der Waals surface area contributed by atoms with Gasteiger partial charge >= 0.3 is 5.97 Å². The molecule has 1 N–H and O–H groups in total. The molecule has 1 aliphatic rings. The highest BCUT2D eigenvalue weighted by Gasteiger charge is 2.33. The Kier molecular flexibility index (Phi) is 3.48. The van der Waals surface area contributed by atoms with Crippen molar-refractivity contribution >= 4 is 34.5 Å². The van der Waals surface area contributed by atoms with Gasteiger partial charge in [0.1, 0.15) is 17.2 Å². The van der Waals surface area contributed by atoms with Gasteiger partial charge in [0.05, 0.1) is 5.52 Å². The minimum absolute atomic E-state index is 0.0239. The van der Waals surface area contributed by atoms with Crippen LogP contribution in [0.1, 0.15) is 13.3 Å². The maximum Gasteiger partial charge on any atom is 0.319 e. The third-order valence-electron chi connectivity index (χ3n) is 3.19. The van der Waals surface area contributed by atoms with Crippen LogP contribution in [0, 0.1) is 0 Å². The van der Waals surface area contributed by atoms with Crippen molar-refractivity contribution in [3.05, 3.63) is 24.3 Å². The van der Waals surface area contributed by atoms with Crippen LogP contribution >= 0.6 is 11.8 Å². The average Bonchev–Trinajstić information content (AvgIpc) is 2.76. The van der Waals surface area contributed by atoms with E-state index in [4.69, 9.17) is 4.74 Å². The molecule has 3 rings (SSSR count). The average molecular weight is 289 g/mol. The lowest BCUT2D eigenvalue weighted by Crippen LogP contribution is -2.10. The van der Waals surface area contributed by atoms with Crippen LogP contribution in [-0.2, 0) is 9.53 Å². The van der Waals surface area contributed by atoms with Crippen molar-refractivity contribution in [2.75, 3.05) is 12.4 Å². The highest BCUT2D eigenvalue weighted by atomic mass is 32.2. The number of hydrogen-bond donors (Lipinski definition) is 1. The van der Waals surface area contributed by atoms with Crippen molar-refractivity contribution in [2.45, 2.75) is 29.9 Å². The van der Waals surface area contributed by atoms with Gasteiger partial charge in [0.25, 0.3) is 0 Å². The van der Waals surface area contributed by atoms with Crippen molar-refractivity contribution in [3.63, 3.8) is 0 Å². The molecule has 0 bridgehead atoms. The van der Waals surface area contributed by atoms with Gasteiger partial charge in [0.15, 0.2) is 5.16 Å². The van der Waals surface area contributed by atoms with Crippen LogP contribution in [0.25, 0.3) is 10.9 Å². The van der Waals surface area contributed by atoms with E-state index >= 15 is 0 Å². The van der Waals surface area contributed by atoms with Gasteiger partial charge < -0.3 is 10.1 Å². The van der Waals surface area contributed by atoms with E-state index in [9.17, 15) is 4.79 Å². The lowest BCUT2D eigenvalue weighted by atomic mass is 10.2. The first-order valence-corrected chi connectivity index (χ1v) is 7.37. The summed E-state index contributed by atoms with van der Waals surface area (Å²) in [4.78, 5) is 20.7. The number of aromatic nitrogens is 2. The van der Waals surface area contributed by atoms with Crippen molar-refractivity contribution in [3.8, 4) is 0 Å². The monoisotopic (exact) mass is 289 g/mol. The largest absolute Gasteiger partial charge is 0.462 e. The van der Waals surface area contributed by atoms with Crippen LogP contribution in [0.2, 0.25) is 0 Å². The molecule has 20 heavy (non-hydrogen) atoms. The fourth-order valence-electron chi connectivity index (χ4n) is 2.24. The standard InChI is InChI=1S/C14H15N3O2S/c1-8-7-11(13(18)19-8)20-14-16-10-6-4-3-5-9(10)12(15-2)17-14/h3-6,8,11H,7H2,1-2H3,(H,15,16,17)/t8-,11-/m1/s1. The molecule has 2 atom stereocenters. The summed E-state index contributed by atoms with van der Waals surface area (Å²) in [6, 6.07) is 7.81. The molecule has 1 aromatic heterocycles. The molecular formula is C14H15N3O2S. The number of esters is 1. The van der Waals surface area contributed by atoms with E-state index in [1.807, 2.05) is 38.2 Å². The number of para-hydroxylation sites is 1. The number of fused-ring (bicyclic) bond motifs is 1.